The van der Waals surface area contributed by atoms with Crippen LogP contribution in [-0.4, -0.2) is 53.9 Å². The van der Waals surface area contributed by atoms with Gasteiger partial charge in [-0.1, -0.05) is 36.4 Å². The minimum Gasteiger partial charge on any atom is -0.352 e. The van der Waals surface area contributed by atoms with Gasteiger partial charge in [-0.2, -0.15) is 0 Å². The summed E-state index contributed by atoms with van der Waals surface area (Å²) in [5, 5.41) is 3.34. The van der Waals surface area contributed by atoms with E-state index in [4.69, 9.17) is 0 Å². The second-order valence-corrected chi connectivity index (χ2v) is 7.53. The number of nitrogens with zero attached hydrogens (tertiary/aromatic N) is 4. The number of rotatable bonds is 7. The summed E-state index contributed by atoms with van der Waals surface area (Å²) < 4.78 is 14.0. The highest BCUT2D eigenvalue weighted by molar-refractivity contribution is 14.0. The molecule has 0 aliphatic heterocycles. The molecular formula is C23H30FIN6. The van der Waals surface area contributed by atoms with Gasteiger partial charge in [-0.15, -0.1) is 24.0 Å². The van der Waals surface area contributed by atoms with Crippen LogP contribution in [0.25, 0.3) is 11.3 Å². The van der Waals surface area contributed by atoms with Gasteiger partial charge >= 0.3 is 0 Å². The van der Waals surface area contributed by atoms with Crippen LogP contribution in [0.15, 0.2) is 59.7 Å². The zero-order valence-corrected chi connectivity index (χ0v) is 20.7. The van der Waals surface area contributed by atoms with Crippen molar-refractivity contribution in [3.8, 4) is 11.3 Å². The summed E-state index contributed by atoms with van der Waals surface area (Å²) in [5.74, 6) is 1.42. The fourth-order valence-electron chi connectivity index (χ4n) is 3.27. The highest BCUT2D eigenvalue weighted by Crippen LogP contribution is 2.16. The van der Waals surface area contributed by atoms with Crippen molar-refractivity contribution in [3.63, 3.8) is 0 Å². The molecule has 1 aromatic heterocycles. The van der Waals surface area contributed by atoms with Crippen molar-refractivity contribution in [3.05, 3.63) is 77.5 Å². The van der Waals surface area contributed by atoms with Crippen LogP contribution in [0.1, 0.15) is 17.0 Å². The van der Waals surface area contributed by atoms with Gasteiger partial charge in [0.1, 0.15) is 11.6 Å². The van der Waals surface area contributed by atoms with Crippen molar-refractivity contribution in [1.82, 2.24) is 25.1 Å². The number of nitrogens with one attached hydrogen (secondary N) is 2. The Balaban J connectivity index is 0.00000341. The van der Waals surface area contributed by atoms with Crippen molar-refractivity contribution < 1.29 is 4.39 Å². The van der Waals surface area contributed by atoms with Gasteiger partial charge in [-0.3, -0.25) is 4.99 Å². The van der Waals surface area contributed by atoms with Crippen LogP contribution in [0.4, 0.5) is 4.39 Å². The molecule has 0 aliphatic carbocycles. The Morgan fingerprint density at radius 2 is 1.84 bits per heavy atom. The van der Waals surface area contributed by atoms with Gasteiger partial charge in [0.2, 0.25) is 0 Å². The Morgan fingerprint density at radius 3 is 2.52 bits per heavy atom. The van der Waals surface area contributed by atoms with Crippen LogP contribution in [0.5, 0.6) is 0 Å². The Morgan fingerprint density at radius 1 is 1.10 bits per heavy atom. The number of imidazole rings is 1. The molecule has 8 heteroatoms. The van der Waals surface area contributed by atoms with Gasteiger partial charge in [0.15, 0.2) is 5.96 Å². The highest BCUT2D eigenvalue weighted by Gasteiger charge is 2.11. The molecule has 0 bridgehead atoms. The van der Waals surface area contributed by atoms with Crippen LogP contribution >= 0.6 is 24.0 Å². The summed E-state index contributed by atoms with van der Waals surface area (Å²) in [6.45, 7) is 1.71. The van der Waals surface area contributed by atoms with Gasteiger partial charge in [0.05, 0.1) is 18.4 Å². The minimum atomic E-state index is -0.180. The van der Waals surface area contributed by atoms with E-state index in [1.807, 2.05) is 61.4 Å². The first-order valence-corrected chi connectivity index (χ1v) is 9.89. The largest absolute Gasteiger partial charge is 0.352 e. The molecule has 0 saturated carbocycles. The van der Waals surface area contributed by atoms with Crippen LogP contribution in [-0.2, 0) is 19.6 Å². The standard InChI is InChI=1S/C23H29FN6.HI/c1-25-23(27-13-17-10-11-20(24)19(12-17)15-29(2)3)30(4)16-22-26-14-21(28-22)18-8-6-5-7-9-18;/h5-12,14H,13,15-16H2,1-4H3,(H,25,27)(H,26,28);1H. The average molecular weight is 536 g/mol. The van der Waals surface area contributed by atoms with E-state index in [0.29, 0.717) is 25.2 Å². The van der Waals surface area contributed by atoms with Crippen molar-refractivity contribution in [2.75, 3.05) is 28.2 Å². The van der Waals surface area contributed by atoms with E-state index in [0.717, 1.165) is 28.6 Å². The normalized spacial score (nSPS) is 11.4. The third-order valence-electron chi connectivity index (χ3n) is 4.72. The second-order valence-electron chi connectivity index (χ2n) is 7.53. The lowest BCUT2D eigenvalue weighted by atomic mass is 10.1. The molecule has 6 nitrogen and oxygen atoms in total. The van der Waals surface area contributed by atoms with E-state index < -0.39 is 0 Å². The molecular weight excluding hydrogens is 506 g/mol. The molecule has 0 saturated heterocycles. The number of hydrogen-bond acceptors (Lipinski definition) is 3. The molecule has 166 valence electrons. The zero-order valence-electron chi connectivity index (χ0n) is 18.4. The fourth-order valence-corrected chi connectivity index (χ4v) is 3.27. The van der Waals surface area contributed by atoms with Gasteiger partial charge in [0, 0.05) is 32.7 Å². The molecule has 3 aromatic rings. The molecule has 0 radical (unpaired) electrons. The number of aromatic amines is 1. The summed E-state index contributed by atoms with van der Waals surface area (Å²) in [6.07, 6.45) is 1.85. The van der Waals surface area contributed by atoms with Gasteiger partial charge in [-0.05, 0) is 37.4 Å². The molecule has 0 atom stereocenters. The Bertz CT molecular complexity index is 987. The first-order valence-electron chi connectivity index (χ1n) is 9.89. The molecule has 31 heavy (non-hydrogen) atoms. The number of aromatic nitrogens is 2. The van der Waals surface area contributed by atoms with Gasteiger partial charge in [0.25, 0.3) is 0 Å². The van der Waals surface area contributed by atoms with Gasteiger partial charge < -0.3 is 20.1 Å². The molecule has 0 aliphatic rings. The van der Waals surface area contributed by atoms with Crippen LogP contribution in [0.2, 0.25) is 0 Å². The third-order valence-corrected chi connectivity index (χ3v) is 4.72. The van der Waals surface area contributed by atoms with E-state index >= 15 is 0 Å². The number of hydrogen-bond donors (Lipinski definition) is 2. The smallest absolute Gasteiger partial charge is 0.194 e. The maximum absolute atomic E-state index is 14.0. The number of guanidine groups is 1. The molecule has 0 spiro atoms. The Labute approximate surface area is 200 Å². The summed E-state index contributed by atoms with van der Waals surface area (Å²) in [4.78, 5) is 16.2. The van der Waals surface area contributed by atoms with E-state index in [-0.39, 0.29) is 29.8 Å². The number of halogens is 2. The maximum Gasteiger partial charge on any atom is 0.194 e. The topological polar surface area (TPSA) is 59.6 Å². The van der Waals surface area contributed by atoms with Crippen molar-refractivity contribution in [2.45, 2.75) is 19.6 Å². The molecule has 0 amide bonds. The quantitative estimate of drug-likeness (QED) is 0.271. The predicted octanol–water partition coefficient (Wildman–Crippen LogP) is 4.10. The van der Waals surface area contributed by atoms with Crippen LogP contribution in [0.3, 0.4) is 0 Å². The number of benzene rings is 2. The molecule has 2 aromatic carbocycles. The fraction of sp³-hybridized carbons (Fsp3) is 0.304. The van der Waals surface area contributed by atoms with E-state index in [9.17, 15) is 4.39 Å². The number of H-pyrrole nitrogens is 1. The summed E-state index contributed by atoms with van der Waals surface area (Å²) >= 11 is 0. The third kappa shape index (κ3) is 7.03. The lowest BCUT2D eigenvalue weighted by Crippen LogP contribution is -2.38. The average Bonchev–Trinajstić information content (AvgIpc) is 3.19. The van der Waals surface area contributed by atoms with Gasteiger partial charge in [-0.25, -0.2) is 9.37 Å². The molecule has 1 heterocycles. The summed E-state index contributed by atoms with van der Waals surface area (Å²) in [5.41, 5.74) is 3.78. The van der Waals surface area contributed by atoms with E-state index in [1.54, 1.807) is 13.1 Å². The molecule has 3 rings (SSSR count). The Hall–Kier alpha value is -2.46. The van der Waals surface area contributed by atoms with E-state index in [1.165, 1.54) is 6.07 Å². The van der Waals surface area contributed by atoms with Crippen molar-refractivity contribution in [2.24, 2.45) is 4.99 Å². The zero-order chi connectivity index (χ0) is 21.5. The first kappa shape index (κ1) is 24.8. The SMILES string of the molecule is CN=C(NCc1ccc(F)c(CN(C)C)c1)N(C)Cc1ncc(-c2ccccc2)[nH]1.I. The van der Waals surface area contributed by atoms with Crippen molar-refractivity contribution >= 4 is 29.9 Å². The predicted molar refractivity (Wildman–Crippen MR) is 135 cm³/mol. The molecule has 0 fully saturated rings. The highest BCUT2D eigenvalue weighted by atomic mass is 127. The lowest BCUT2D eigenvalue weighted by Gasteiger charge is -2.21. The minimum absolute atomic E-state index is 0. The lowest BCUT2D eigenvalue weighted by molar-refractivity contribution is 0.392. The number of aliphatic imine (C=N–C) groups is 1. The Kier molecular flexibility index (Phi) is 9.44. The molecule has 2 N–H and O–H groups in total. The van der Waals surface area contributed by atoms with Crippen molar-refractivity contribution in [1.29, 1.82) is 0 Å². The monoisotopic (exact) mass is 536 g/mol. The maximum atomic E-state index is 14.0. The summed E-state index contributed by atoms with van der Waals surface area (Å²) in [7, 11) is 7.57. The second kappa shape index (κ2) is 11.8. The first-order chi connectivity index (χ1) is 14.5. The molecule has 0 unspecified atom stereocenters. The van der Waals surface area contributed by atoms with Crippen LogP contribution < -0.4 is 5.32 Å². The summed E-state index contributed by atoms with van der Waals surface area (Å²) in [6, 6.07) is 15.3. The van der Waals surface area contributed by atoms with E-state index in [2.05, 4.69) is 32.4 Å². The van der Waals surface area contributed by atoms with Crippen LogP contribution in [0, 0.1) is 5.82 Å².